The van der Waals surface area contributed by atoms with Crippen molar-refractivity contribution in [3.8, 4) is 5.75 Å². The minimum Gasteiger partial charge on any atom is -0.494 e. The van der Waals surface area contributed by atoms with Crippen molar-refractivity contribution in [1.82, 2.24) is 0 Å². The third-order valence-corrected chi connectivity index (χ3v) is 4.82. The highest BCUT2D eigenvalue weighted by Crippen LogP contribution is 2.36. The van der Waals surface area contributed by atoms with Crippen LogP contribution in [0.2, 0.25) is 0 Å². The van der Waals surface area contributed by atoms with Crippen molar-refractivity contribution in [1.29, 1.82) is 0 Å². The Morgan fingerprint density at radius 1 is 0.968 bits per heavy atom. The Balaban J connectivity index is 1.65. The number of amides is 3. The molecular weight excluding hydrogens is 402 g/mol. The number of ether oxygens (including phenoxy) is 1. The lowest BCUT2D eigenvalue weighted by Crippen LogP contribution is -2.29. The largest absolute Gasteiger partial charge is 0.494 e. The average Bonchev–Trinajstić information content (AvgIpc) is 3.04. The zero-order chi connectivity index (χ0) is 22.1. The summed E-state index contributed by atoms with van der Waals surface area (Å²) >= 11 is 0. The Labute approximate surface area is 176 Å². The monoisotopic (exact) mass is 417 g/mol. The number of fused-ring (bicyclic) bond motifs is 1. The van der Waals surface area contributed by atoms with Gasteiger partial charge in [-0.2, -0.15) is 0 Å². The van der Waals surface area contributed by atoms with Gasteiger partial charge in [-0.1, -0.05) is 24.3 Å². The number of nitrogens with one attached hydrogen (secondary N) is 1. The number of benzene rings is 3. The topological polar surface area (TPSA) is 119 Å². The zero-order valence-corrected chi connectivity index (χ0v) is 16.2. The first-order valence-electron chi connectivity index (χ1n) is 9.13. The Morgan fingerprint density at radius 3 is 2.19 bits per heavy atom. The van der Waals surface area contributed by atoms with E-state index in [1.807, 2.05) is 0 Å². The summed E-state index contributed by atoms with van der Waals surface area (Å²) < 4.78 is 5.34. The number of anilines is 2. The number of carbonyl (C=O) groups is 3. The summed E-state index contributed by atoms with van der Waals surface area (Å²) in [4.78, 5) is 49.6. The molecule has 0 aromatic heterocycles. The smallest absolute Gasteiger partial charge is 0.282 e. The number of carbonyl (C=O) groups excluding carboxylic acids is 3. The molecule has 0 fully saturated rings. The molecule has 31 heavy (non-hydrogen) atoms. The summed E-state index contributed by atoms with van der Waals surface area (Å²) in [5, 5.41) is 13.7. The number of nitro benzene ring substituents is 1. The molecule has 0 unspecified atom stereocenters. The van der Waals surface area contributed by atoms with Crippen molar-refractivity contribution in [2.45, 2.75) is 0 Å². The summed E-state index contributed by atoms with van der Waals surface area (Å²) in [6.45, 7) is 0. The lowest BCUT2D eigenvalue weighted by Gasteiger charge is -2.18. The van der Waals surface area contributed by atoms with Crippen molar-refractivity contribution >= 4 is 34.8 Å². The maximum atomic E-state index is 12.7. The Bertz CT molecular complexity index is 1220. The van der Waals surface area contributed by atoms with Gasteiger partial charge in [0.1, 0.15) is 11.3 Å². The van der Waals surface area contributed by atoms with Crippen LogP contribution in [-0.2, 0) is 0 Å². The minimum atomic E-state index is -0.678. The van der Waals surface area contributed by atoms with E-state index in [4.69, 9.17) is 4.74 Å². The highest BCUT2D eigenvalue weighted by Gasteiger charge is 2.37. The quantitative estimate of drug-likeness (QED) is 0.384. The zero-order valence-electron chi connectivity index (χ0n) is 16.2. The maximum absolute atomic E-state index is 12.7. The number of nitro groups is 1. The molecule has 0 bridgehead atoms. The molecule has 0 saturated heterocycles. The predicted octanol–water partition coefficient (Wildman–Crippen LogP) is 3.66. The van der Waals surface area contributed by atoms with Gasteiger partial charge in [0.15, 0.2) is 0 Å². The molecule has 1 aliphatic rings. The van der Waals surface area contributed by atoms with Crippen LogP contribution in [0.1, 0.15) is 31.1 Å². The van der Waals surface area contributed by atoms with Crippen LogP contribution in [-0.4, -0.2) is 29.8 Å². The number of para-hydroxylation sites is 1. The molecule has 154 valence electrons. The Hall–Kier alpha value is -4.53. The van der Waals surface area contributed by atoms with Gasteiger partial charge >= 0.3 is 0 Å². The third-order valence-electron chi connectivity index (χ3n) is 4.82. The number of rotatable bonds is 5. The molecule has 4 rings (SSSR count). The molecule has 1 N–H and O–H groups in total. The van der Waals surface area contributed by atoms with E-state index in [-0.39, 0.29) is 28.4 Å². The lowest BCUT2D eigenvalue weighted by atomic mass is 10.1. The predicted molar refractivity (Wildman–Crippen MR) is 112 cm³/mol. The van der Waals surface area contributed by atoms with Crippen LogP contribution in [0.3, 0.4) is 0 Å². The minimum absolute atomic E-state index is 0.101. The van der Waals surface area contributed by atoms with Gasteiger partial charge in [0.05, 0.1) is 28.8 Å². The molecule has 1 heterocycles. The van der Waals surface area contributed by atoms with Crippen molar-refractivity contribution in [2.24, 2.45) is 0 Å². The molecule has 0 atom stereocenters. The number of imide groups is 1. The number of methoxy groups -OCH3 is 1. The van der Waals surface area contributed by atoms with Crippen LogP contribution in [0.25, 0.3) is 0 Å². The summed E-state index contributed by atoms with van der Waals surface area (Å²) in [5.41, 5.74) is 0.662. The summed E-state index contributed by atoms with van der Waals surface area (Å²) in [5.74, 6) is -1.45. The van der Waals surface area contributed by atoms with E-state index in [2.05, 4.69) is 5.32 Å². The van der Waals surface area contributed by atoms with E-state index < -0.39 is 22.6 Å². The SMILES string of the molecule is COc1cc(NC(=O)c2ccccc2[N+](=O)[O-])ccc1N1C(=O)c2ccccc2C1=O. The molecule has 3 aromatic carbocycles. The van der Waals surface area contributed by atoms with Crippen LogP contribution >= 0.6 is 0 Å². The van der Waals surface area contributed by atoms with Gasteiger partial charge in [-0.25, -0.2) is 4.90 Å². The first kappa shape index (κ1) is 19.8. The van der Waals surface area contributed by atoms with Crippen LogP contribution in [0.15, 0.2) is 66.7 Å². The van der Waals surface area contributed by atoms with E-state index in [0.29, 0.717) is 11.1 Å². The van der Waals surface area contributed by atoms with Gasteiger partial charge in [-0.3, -0.25) is 24.5 Å². The molecule has 3 amide bonds. The highest BCUT2D eigenvalue weighted by atomic mass is 16.6. The van der Waals surface area contributed by atoms with Crippen LogP contribution in [0, 0.1) is 10.1 Å². The second-order valence-corrected chi connectivity index (χ2v) is 6.61. The van der Waals surface area contributed by atoms with E-state index in [1.54, 1.807) is 24.3 Å². The van der Waals surface area contributed by atoms with E-state index in [1.165, 1.54) is 49.6 Å². The van der Waals surface area contributed by atoms with Crippen LogP contribution in [0.4, 0.5) is 17.1 Å². The van der Waals surface area contributed by atoms with Gasteiger partial charge < -0.3 is 10.1 Å². The first-order valence-corrected chi connectivity index (χ1v) is 9.13. The molecular formula is C22H15N3O6. The number of hydrogen-bond acceptors (Lipinski definition) is 6. The molecule has 0 saturated carbocycles. The van der Waals surface area contributed by atoms with Gasteiger partial charge in [0.25, 0.3) is 23.4 Å². The van der Waals surface area contributed by atoms with Gasteiger partial charge in [0.2, 0.25) is 0 Å². The normalized spacial score (nSPS) is 12.5. The lowest BCUT2D eigenvalue weighted by molar-refractivity contribution is -0.385. The highest BCUT2D eigenvalue weighted by molar-refractivity contribution is 6.34. The first-order chi connectivity index (χ1) is 14.9. The number of nitrogens with zero attached hydrogens (tertiary/aromatic N) is 2. The Morgan fingerprint density at radius 2 is 1.58 bits per heavy atom. The van der Waals surface area contributed by atoms with Crippen LogP contribution in [0.5, 0.6) is 5.75 Å². The van der Waals surface area contributed by atoms with E-state index in [0.717, 1.165) is 4.90 Å². The molecule has 9 heteroatoms. The summed E-state index contributed by atoms with van der Waals surface area (Å²) in [6.07, 6.45) is 0. The molecule has 1 aliphatic heterocycles. The van der Waals surface area contributed by atoms with Crippen molar-refractivity contribution in [2.75, 3.05) is 17.3 Å². The average molecular weight is 417 g/mol. The molecule has 3 aromatic rings. The molecule has 9 nitrogen and oxygen atoms in total. The standard InChI is InChI=1S/C22H15N3O6/c1-31-19-12-13(23-20(26)16-8-4-5-9-17(16)25(29)30)10-11-18(19)24-21(27)14-6-2-3-7-15(14)22(24)28/h2-12H,1H3,(H,23,26). The fraction of sp³-hybridized carbons (Fsp3) is 0.0455. The van der Waals surface area contributed by atoms with Crippen molar-refractivity contribution < 1.29 is 24.0 Å². The molecule has 0 aliphatic carbocycles. The summed E-state index contributed by atoms with van der Waals surface area (Å²) in [6, 6.07) is 16.4. The second kappa shape index (κ2) is 7.71. The third kappa shape index (κ3) is 3.38. The summed E-state index contributed by atoms with van der Waals surface area (Å²) in [7, 11) is 1.37. The van der Waals surface area contributed by atoms with Gasteiger partial charge in [-0.05, 0) is 30.3 Å². The fourth-order valence-electron chi connectivity index (χ4n) is 3.37. The number of hydrogen-bond donors (Lipinski definition) is 1. The van der Waals surface area contributed by atoms with Crippen molar-refractivity contribution in [3.63, 3.8) is 0 Å². The fourth-order valence-corrected chi connectivity index (χ4v) is 3.37. The van der Waals surface area contributed by atoms with Gasteiger partial charge in [-0.15, -0.1) is 0 Å². The molecule has 0 spiro atoms. The second-order valence-electron chi connectivity index (χ2n) is 6.61. The van der Waals surface area contributed by atoms with E-state index >= 15 is 0 Å². The van der Waals surface area contributed by atoms with E-state index in [9.17, 15) is 24.5 Å². The van der Waals surface area contributed by atoms with Gasteiger partial charge in [0, 0.05) is 17.8 Å². The maximum Gasteiger partial charge on any atom is 0.282 e. The Kier molecular flexibility index (Phi) is 4.92. The van der Waals surface area contributed by atoms with Crippen molar-refractivity contribution in [3.05, 3.63) is 93.5 Å². The molecule has 0 radical (unpaired) electrons. The van der Waals surface area contributed by atoms with Crippen LogP contribution < -0.4 is 15.0 Å².